The Morgan fingerprint density at radius 3 is 2.31 bits per heavy atom. The predicted molar refractivity (Wildman–Crippen MR) is 105 cm³/mol. The van der Waals surface area contributed by atoms with Gasteiger partial charge in [-0.1, -0.05) is 67.1 Å². The van der Waals surface area contributed by atoms with Gasteiger partial charge in [0, 0.05) is 25.9 Å². The van der Waals surface area contributed by atoms with Gasteiger partial charge in [-0.15, -0.1) is 0 Å². The van der Waals surface area contributed by atoms with E-state index in [1.54, 1.807) is 4.90 Å². The second-order valence-electron chi connectivity index (χ2n) is 6.46. The molecule has 2 aromatic carbocycles. The summed E-state index contributed by atoms with van der Waals surface area (Å²) in [7, 11) is 0. The first-order valence-electron chi connectivity index (χ1n) is 9.21. The number of benzene rings is 2. The Morgan fingerprint density at radius 2 is 1.69 bits per heavy atom. The summed E-state index contributed by atoms with van der Waals surface area (Å²) < 4.78 is 0. The van der Waals surface area contributed by atoms with Crippen LogP contribution in [-0.4, -0.2) is 29.3 Å². The summed E-state index contributed by atoms with van der Waals surface area (Å²) in [5.74, 6) is -0.121. The van der Waals surface area contributed by atoms with Crippen LogP contribution in [0.3, 0.4) is 0 Å². The van der Waals surface area contributed by atoms with Crippen LogP contribution in [0.25, 0.3) is 0 Å². The molecule has 0 bridgehead atoms. The number of hydrogen-bond donors (Lipinski definition) is 1. The molecule has 0 aromatic heterocycles. The number of aryl methyl sites for hydroxylation is 1. The summed E-state index contributed by atoms with van der Waals surface area (Å²) in [5.41, 5.74) is 3.22. The lowest BCUT2D eigenvalue weighted by Gasteiger charge is -2.31. The Balaban J connectivity index is 2.33. The van der Waals surface area contributed by atoms with Crippen molar-refractivity contribution in [2.24, 2.45) is 0 Å². The van der Waals surface area contributed by atoms with Crippen LogP contribution in [-0.2, 0) is 22.6 Å². The number of amides is 2. The van der Waals surface area contributed by atoms with Crippen molar-refractivity contribution in [3.05, 3.63) is 71.3 Å². The average Bonchev–Trinajstić information content (AvgIpc) is 2.65. The maximum atomic E-state index is 12.8. The molecule has 0 fully saturated rings. The molecule has 0 saturated carbocycles. The zero-order valence-corrected chi connectivity index (χ0v) is 15.9. The molecule has 0 aliphatic carbocycles. The first kappa shape index (κ1) is 19.7. The molecule has 0 aliphatic heterocycles. The van der Waals surface area contributed by atoms with E-state index in [9.17, 15) is 9.59 Å². The van der Waals surface area contributed by atoms with Gasteiger partial charge in [0.15, 0.2) is 0 Å². The van der Waals surface area contributed by atoms with E-state index in [0.717, 1.165) is 16.7 Å². The minimum atomic E-state index is -0.523. The second-order valence-corrected chi connectivity index (χ2v) is 6.46. The fraction of sp³-hybridized carbons (Fsp3) is 0.364. The van der Waals surface area contributed by atoms with Gasteiger partial charge >= 0.3 is 0 Å². The zero-order valence-electron chi connectivity index (χ0n) is 15.9. The standard InChI is InChI=1S/C22H28N2O2/c1-4-21(25)24(16-19-13-9-10-17(3)14-19)20(22(26)23-5-2)15-18-11-7-6-8-12-18/h6-14,20H,4-5,15-16H2,1-3H3,(H,23,26). The summed E-state index contributed by atoms with van der Waals surface area (Å²) in [6, 6.07) is 17.4. The number of carbonyl (C=O) groups excluding carboxylic acids is 2. The van der Waals surface area contributed by atoms with Crippen molar-refractivity contribution in [1.29, 1.82) is 0 Å². The third-order valence-corrected chi connectivity index (χ3v) is 4.36. The van der Waals surface area contributed by atoms with Crippen molar-refractivity contribution in [3.8, 4) is 0 Å². The average molecular weight is 352 g/mol. The molecule has 4 heteroatoms. The molecule has 0 saturated heterocycles. The van der Waals surface area contributed by atoms with E-state index < -0.39 is 6.04 Å². The summed E-state index contributed by atoms with van der Waals surface area (Å²) in [6.07, 6.45) is 0.876. The van der Waals surface area contributed by atoms with Crippen LogP contribution in [0.15, 0.2) is 54.6 Å². The number of nitrogens with zero attached hydrogens (tertiary/aromatic N) is 1. The first-order valence-corrected chi connectivity index (χ1v) is 9.21. The summed E-state index contributed by atoms with van der Waals surface area (Å²) in [4.78, 5) is 27.2. The van der Waals surface area contributed by atoms with Crippen LogP contribution in [0.4, 0.5) is 0 Å². The highest BCUT2D eigenvalue weighted by Crippen LogP contribution is 2.16. The molecule has 0 heterocycles. The third-order valence-electron chi connectivity index (χ3n) is 4.36. The summed E-state index contributed by atoms with van der Waals surface area (Å²) in [5, 5.41) is 2.89. The quantitative estimate of drug-likeness (QED) is 0.791. The van der Waals surface area contributed by atoms with Gasteiger partial charge in [-0.3, -0.25) is 9.59 Å². The molecule has 4 nitrogen and oxygen atoms in total. The van der Waals surface area contributed by atoms with Crippen molar-refractivity contribution in [3.63, 3.8) is 0 Å². The third kappa shape index (κ3) is 5.45. The maximum absolute atomic E-state index is 12.8. The number of carbonyl (C=O) groups is 2. The van der Waals surface area contributed by atoms with Crippen molar-refractivity contribution in [1.82, 2.24) is 10.2 Å². The number of hydrogen-bond acceptors (Lipinski definition) is 2. The summed E-state index contributed by atoms with van der Waals surface area (Å²) in [6.45, 7) is 6.74. The lowest BCUT2D eigenvalue weighted by molar-refractivity contribution is -0.141. The molecule has 2 aromatic rings. The van der Waals surface area contributed by atoms with E-state index in [4.69, 9.17) is 0 Å². The molecular formula is C22H28N2O2. The van der Waals surface area contributed by atoms with E-state index in [0.29, 0.717) is 25.9 Å². The van der Waals surface area contributed by atoms with Crippen LogP contribution in [0.2, 0.25) is 0 Å². The fourth-order valence-electron chi connectivity index (χ4n) is 3.06. The molecule has 2 rings (SSSR count). The fourth-order valence-corrected chi connectivity index (χ4v) is 3.06. The smallest absolute Gasteiger partial charge is 0.243 e. The van der Waals surface area contributed by atoms with Gasteiger partial charge in [0.2, 0.25) is 11.8 Å². The molecule has 2 amide bonds. The van der Waals surface area contributed by atoms with Gasteiger partial charge in [0.25, 0.3) is 0 Å². The number of likely N-dealkylation sites (N-methyl/N-ethyl adjacent to an activating group) is 1. The van der Waals surface area contributed by atoms with Gasteiger partial charge in [0.05, 0.1) is 0 Å². The van der Waals surface area contributed by atoms with Crippen LogP contribution < -0.4 is 5.32 Å². The van der Waals surface area contributed by atoms with Crippen LogP contribution >= 0.6 is 0 Å². The Morgan fingerprint density at radius 1 is 1.00 bits per heavy atom. The van der Waals surface area contributed by atoms with Gasteiger partial charge in [-0.25, -0.2) is 0 Å². The van der Waals surface area contributed by atoms with Crippen LogP contribution in [0.5, 0.6) is 0 Å². The zero-order chi connectivity index (χ0) is 18.9. The topological polar surface area (TPSA) is 49.4 Å². The highest BCUT2D eigenvalue weighted by molar-refractivity contribution is 5.87. The Hall–Kier alpha value is -2.62. The monoisotopic (exact) mass is 352 g/mol. The minimum absolute atomic E-state index is 0.0151. The molecule has 26 heavy (non-hydrogen) atoms. The van der Waals surface area contributed by atoms with Crippen molar-refractivity contribution < 1.29 is 9.59 Å². The lowest BCUT2D eigenvalue weighted by atomic mass is 10.0. The first-order chi connectivity index (χ1) is 12.5. The molecule has 1 unspecified atom stereocenters. The largest absolute Gasteiger partial charge is 0.355 e. The Labute approximate surface area is 156 Å². The molecule has 138 valence electrons. The maximum Gasteiger partial charge on any atom is 0.243 e. The normalized spacial score (nSPS) is 11.7. The van der Waals surface area contributed by atoms with Gasteiger partial charge in [-0.05, 0) is 25.0 Å². The van der Waals surface area contributed by atoms with E-state index in [-0.39, 0.29) is 11.8 Å². The highest BCUT2D eigenvalue weighted by atomic mass is 16.2. The minimum Gasteiger partial charge on any atom is -0.355 e. The van der Waals surface area contributed by atoms with Gasteiger partial charge in [0.1, 0.15) is 6.04 Å². The summed E-state index contributed by atoms with van der Waals surface area (Å²) >= 11 is 0. The number of rotatable bonds is 8. The molecular weight excluding hydrogens is 324 g/mol. The number of nitrogens with one attached hydrogen (secondary N) is 1. The second kappa shape index (κ2) is 9.76. The van der Waals surface area contributed by atoms with Gasteiger partial charge < -0.3 is 10.2 Å². The SMILES string of the molecule is CCNC(=O)C(Cc1ccccc1)N(Cc1cccc(C)c1)C(=O)CC. The molecule has 0 spiro atoms. The molecule has 1 atom stereocenters. The molecule has 1 N–H and O–H groups in total. The van der Waals surface area contributed by atoms with E-state index in [2.05, 4.69) is 11.4 Å². The molecule has 0 aliphatic rings. The van der Waals surface area contributed by atoms with Crippen molar-refractivity contribution in [2.45, 2.75) is 46.2 Å². The predicted octanol–water partition coefficient (Wildman–Crippen LogP) is 3.48. The van der Waals surface area contributed by atoms with Crippen LogP contribution in [0, 0.1) is 6.92 Å². The van der Waals surface area contributed by atoms with Gasteiger partial charge in [-0.2, -0.15) is 0 Å². The van der Waals surface area contributed by atoms with Crippen LogP contribution in [0.1, 0.15) is 37.0 Å². The van der Waals surface area contributed by atoms with E-state index in [1.165, 1.54) is 0 Å². The van der Waals surface area contributed by atoms with E-state index in [1.807, 2.05) is 69.3 Å². The van der Waals surface area contributed by atoms with Crippen molar-refractivity contribution in [2.75, 3.05) is 6.54 Å². The Kier molecular flexibility index (Phi) is 7.39. The molecule has 0 radical (unpaired) electrons. The highest BCUT2D eigenvalue weighted by Gasteiger charge is 2.29. The van der Waals surface area contributed by atoms with E-state index >= 15 is 0 Å². The lowest BCUT2D eigenvalue weighted by Crippen LogP contribution is -2.50. The Bertz CT molecular complexity index is 728. The van der Waals surface area contributed by atoms with Crippen molar-refractivity contribution >= 4 is 11.8 Å².